The lowest BCUT2D eigenvalue weighted by Gasteiger charge is -2.29. The molecule has 7 heteroatoms. The number of carbonyl (C=O) groups excluding carboxylic acids is 1. The molecule has 0 saturated carbocycles. The second kappa shape index (κ2) is 6.04. The maximum absolute atomic E-state index is 12.5. The topological polar surface area (TPSA) is 73.5 Å². The van der Waals surface area contributed by atoms with Gasteiger partial charge in [-0.15, -0.1) is 0 Å². The number of sulfonamides is 1. The Balaban J connectivity index is 1.74. The number of nitrogens with zero attached hydrogens (tertiary/aromatic N) is 2. The van der Waals surface area contributed by atoms with Crippen LogP contribution in [-0.2, 0) is 10.0 Å². The number of hydrogen-bond donors (Lipinski definition) is 1. The summed E-state index contributed by atoms with van der Waals surface area (Å²) in [7, 11) is -3.46. The van der Waals surface area contributed by atoms with E-state index in [1.54, 1.807) is 4.90 Å². The van der Waals surface area contributed by atoms with Crippen LogP contribution in [0.4, 0.5) is 0 Å². The first-order valence-electron chi connectivity index (χ1n) is 7.96. The van der Waals surface area contributed by atoms with Gasteiger partial charge in [-0.25, -0.2) is 8.42 Å². The minimum atomic E-state index is -3.46. The highest BCUT2D eigenvalue weighted by atomic mass is 32.2. The summed E-state index contributed by atoms with van der Waals surface area (Å²) in [5, 5.41) is 0. The summed E-state index contributed by atoms with van der Waals surface area (Å²) in [4.78, 5) is 17.3. The lowest BCUT2D eigenvalue weighted by molar-refractivity contribution is 0.0692. The van der Waals surface area contributed by atoms with Gasteiger partial charge in [0.1, 0.15) is 10.6 Å². The molecule has 2 aliphatic rings. The smallest absolute Gasteiger partial charge is 0.270 e. The Morgan fingerprint density at radius 2 is 1.82 bits per heavy atom. The molecular weight excluding hydrogens is 302 g/mol. The number of nitrogens with one attached hydrogen (secondary N) is 1. The Labute approximate surface area is 131 Å². The van der Waals surface area contributed by atoms with E-state index in [9.17, 15) is 13.2 Å². The van der Waals surface area contributed by atoms with Crippen LogP contribution in [0.3, 0.4) is 0 Å². The van der Waals surface area contributed by atoms with Gasteiger partial charge in [-0.2, -0.15) is 4.31 Å². The van der Waals surface area contributed by atoms with Crippen molar-refractivity contribution in [3.05, 3.63) is 18.0 Å². The van der Waals surface area contributed by atoms with Gasteiger partial charge >= 0.3 is 0 Å². The molecule has 1 amide bonds. The highest BCUT2D eigenvalue weighted by molar-refractivity contribution is 7.89. The molecule has 2 fully saturated rings. The second-order valence-corrected chi connectivity index (χ2v) is 8.27. The number of carbonyl (C=O) groups is 1. The molecule has 6 nitrogen and oxygen atoms in total. The molecule has 3 heterocycles. The minimum absolute atomic E-state index is 0.102. The Hall–Kier alpha value is -1.34. The maximum atomic E-state index is 12.5. The number of aromatic amines is 1. The van der Waals surface area contributed by atoms with Crippen molar-refractivity contribution in [2.75, 3.05) is 26.2 Å². The summed E-state index contributed by atoms with van der Waals surface area (Å²) >= 11 is 0. The summed E-state index contributed by atoms with van der Waals surface area (Å²) < 4.78 is 26.4. The molecule has 1 N–H and O–H groups in total. The molecule has 0 radical (unpaired) electrons. The molecule has 0 aromatic carbocycles. The van der Waals surface area contributed by atoms with E-state index in [1.165, 1.54) is 16.6 Å². The molecule has 0 spiro atoms. The van der Waals surface area contributed by atoms with E-state index in [0.29, 0.717) is 24.7 Å². The van der Waals surface area contributed by atoms with Crippen molar-refractivity contribution < 1.29 is 13.2 Å². The van der Waals surface area contributed by atoms with E-state index in [2.05, 4.69) is 11.9 Å². The zero-order chi connectivity index (χ0) is 15.7. The van der Waals surface area contributed by atoms with Gasteiger partial charge in [0.15, 0.2) is 0 Å². The fourth-order valence-electron chi connectivity index (χ4n) is 3.11. The quantitative estimate of drug-likeness (QED) is 0.919. The van der Waals surface area contributed by atoms with Crippen LogP contribution in [0, 0.1) is 5.92 Å². The predicted molar refractivity (Wildman–Crippen MR) is 83.1 cm³/mol. The van der Waals surface area contributed by atoms with Gasteiger partial charge in [0.25, 0.3) is 5.91 Å². The fourth-order valence-corrected chi connectivity index (χ4v) is 4.62. The second-order valence-electron chi connectivity index (χ2n) is 6.33. The summed E-state index contributed by atoms with van der Waals surface area (Å²) in [5.41, 5.74) is 0.368. The first kappa shape index (κ1) is 15.6. The van der Waals surface area contributed by atoms with Crippen LogP contribution in [0.25, 0.3) is 0 Å². The summed E-state index contributed by atoms with van der Waals surface area (Å²) in [6, 6.07) is 1.48. The standard InChI is InChI=1S/C15H23N3O3S/c1-12-4-8-17(9-5-12)15(19)14-10-13(11-16-14)22(20,21)18-6-2-3-7-18/h10-12,16H,2-9H2,1H3. The van der Waals surface area contributed by atoms with E-state index in [1.807, 2.05) is 0 Å². The van der Waals surface area contributed by atoms with Gasteiger partial charge in [0, 0.05) is 32.4 Å². The van der Waals surface area contributed by atoms with Gasteiger partial charge in [0.05, 0.1) is 0 Å². The van der Waals surface area contributed by atoms with E-state index in [-0.39, 0.29) is 10.8 Å². The Morgan fingerprint density at radius 1 is 1.18 bits per heavy atom. The molecule has 3 rings (SSSR count). The molecule has 1 aromatic heterocycles. The molecule has 0 bridgehead atoms. The third-order valence-electron chi connectivity index (χ3n) is 4.66. The lowest BCUT2D eigenvalue weighted by atomic mass is 9.99. The number of piperidine rings is 1. The molecule has 122 valence electrons. The van der Waals surface area contributed by atoms with Gasteiger partial charge in [-0.1, -0.05) is 6.92 Å². The normalized spacial score (nSPS) is 21.4. The molecular formula is C15H23N3O3S. The number of amides is 1. The molecule has 0 atom stereocenters. The van der Waals surface area contributed by atoms with Crippen LogP contribution in [0.1, 0.15) is 43.1 Å². The van der Waals surface area contributed by atoms with Crippen LogP contribution >= 0.6 is 0 Å². The third kappa shape index (κ3) is 2.92. The van der Waals surface area contributed by atoms with Gasteiger partial charge < -0.3 is 9.88 Å². The molecule has 1 aromatic rings. The number of hydrogen-bond acceptors (Lipinski definition) is 3. The number of likely N-dealkylation sites (tertiary alicyclic amines) is 1. The maximum Gasteiger partial charge on any atom is 0.270 e. The first-order chi connectivity index (χ1) is 10.5. The first-order valence-corrected chi connectivity index (χ1v) is 9.40. The van der Waals surface area contributed by atoms with E-state index in [4.69, 9.17) is 0 Å². The van der Waals surface area contributed by atoms with Crippen LogP contribution in [0.15, 0.2) is 17.2 Å². The van der Waals surface area contributed by atoms with Crippen molar-refractivity contribution in [2.24, 2.45) is 5.92 Å². The highest BCUT2D eigenvalue weighted by Crippen LogP contribution is 2.23. The Morgan fingerprint density at radius 3 is 2.45 bits per heavy atom. The number of H-pyrrole nitrogens is 1. The average molecular weight is 325 g/mol. The van der Waals surface area contributed by atoms with Crippen molar-refractivity contribution >= 4 is 15.9 Å². The predicted octanol–water partition coefficient (Wildman–Crippen LogP) is 1.67. The zero-order valence-corrected chi connectivity index (χ0v) is 13.7. The summed E-state index contributed by atoms with van der Waals surface area (Å²) in [6.07, 6.45) is 5.26. The van der Waals surface area contributed by atoms with Crippen molar-refractivity contribution in [3.63, 3.8) is 0 Å². The van der Waals surface area contributed by atoms with Crippen molar-refractivity contribution in [1.29, 1.82) is 0 Å². The molecule has 2 saturated heterocycles. The lowest BCUT2D eigenvalue weighted by Crippen LogP contribution is -2.38. The number of rotatable bonds is 3. The molecule has 22 heavy (non-hydrogen) atoms. The van der Waals surface area contributed by atoms with Gasteiger partial charge in [-0.3, -0.25) is 4.79 Å². The largest absolute Gasteiger partial charge is 0.356 e. The monoisotopic (exact) mass is 325 g/mol. The minimum Gasteiger partial charge on any atom is -0.356 e. The molecule has 2 aliphatic heterocycles. The van der Waals surface area contributed by atoms with Crippen LogP contribution in [0.2, 0.25) is 0 Å². The van der Waals surface area contributed by atoms with E-state index < -0.39 is 10.0 Å². The van der Waals surface area contributed by atoms with Crippen LogP contribution < -0.4 is 0 Å². The summed E-state index contributed by atoms with van der Waals surface area (Å²) in [5.74, 6) is 0.550. The van der Waals surface area contributed by atoms with Gasteiger partial charge in [0.2, 0.25) is 10.0 Å². The average Bonchev–Trinajstić information content (AvgIpc) is 3.19. The third-order valence-corrected chi connectivity index (χ3v) is 6.54. The van der Waals surface area contributed by atoms with Crippen molar-refractivity contribution in [1.82, 2.24) is 14.2 Å². The van der Waals surface area contributed by atoms with Gasteiger partial charge in [-0.05, 0) is 37.7 Å². The number of aromatic nitrogens is 1. The Bertz CT molecular complexity index is 639. The fraction of sp³-hybridized carbons (Fsp3) is 0.667. The van der Waals surface area contributed by atoms with E-state index in [0.717, 1.165) is 38.8 Å². The van der Waals surface area contributed by atoms with Crippen molar-refractivity contribution in [3.8, 4) is 0 Å². The van der Waals surface area contributed by atoms with E-state index >= 15 is 0 Å². The van der Waals surface area contributed by atoms with Crippen molar-refractivity contribution in [2.45, 2.75) is 37.5 Å². The Kier molecular flexibility index (Phi) is 4.27. The SMILES string of the molecule is CC1CCN(C(=O)c2cc(S(=O)(=O)N3CCCC3)c[nH]2)CC1. The highest BCUT2D eigenvalue weighted by Gasteiger charge is 2.29. The van der Waals surface area contributed by atoms with Crippen LogP contribution in [0.5, 0.6) is 0 Å². The van der Waals surface area contributed by atoms with Crippen LogP contribution in [-0.4, -0.2) is 54.7 Å². The zero-order valence-electron chi connectivity index (χ0n) is 12.9. The molecule has 0 unspecified atom stereocenters. The summed E-state index contributed by atoms with van der Waals surface area (Å²) in [6.45, 7) is 4.82. The molecule has 0 aliphatic carbocycles.